The minimum atomic E-state index is -0.950. The highest BCUT2D eigenvalue weighted by Crippen LogP contribution is 2.30. The number of amides is 2. The third-order valence-electron chi connectivity index (χ3n) is 5.31. The van der Waals surface area contributed by atoms with Gasteiger partial charge in [0, 0.05) is 24.3 Å². The Morgan fingerprint density at radius 1 is 1.10 bits per heavy atom. The lowest BCUT2D eigenvalue weighted by atomic mass is 10.1. The number of carbonyl (C=O) groups is 3. The lowest BCUT2D eigenvalue weighted by Gasteiger charge is -2.20. The predicted octanol–water partition coefficient (Wildman–Crippen LogP) is 3.54. The number of esters is 1. The summed E-state index contributed by atoms with van der Waals surface area (Å²) in [5.74, 6) is -1.63. The van der Waals surface area contributed by atoms with Crippen LogP contribution in [0.1, 0.15) is 30.0 Å². The zero-order chi connectivity index (χ0) is 21.1. The first-order chi connectivity index (χ1) is 13.8. The lowest BCUT2D eigenvalue weighted by Crippen LogP contribution is -2.33. The molecule has 2 aromatic rings. The Bertz CT molecular complexity index is 936. The molecule has 1 saturated heterocycles. The van der Waals surface area contributed by atoms with Crippen molar-refractivity contribution in [2.24, 2.45) is 5.92 Å². The van der Waals surface area contributed by atoms with Gasteiger partial charge in [-0.05, 0) is 57.0 Å². The van der Waals surface area contributed by atoms with Gasteiger partial charge < -0.3 is 15.0 Å². The molecule has 0 radical (unpaired) electrons. The first-order valence-electron chi connectivity index (χ1n) is 9.71. The molecule has 1 aliphatic heterocycles. The van der Waals surface area contributed by atoms with E-state index in [2.05, 4.69) is 5.32 Å². The van der Waals surface area contributed by atoms with Gasteiger partial charge in [0.05, 0.1) is 5.92 Å². The molecular formula is C23H26N2O4. The molecule has 0 bridgehead atoms. The monoisotopic (exact) mass is 394 g/mol. The van der Waals surface area contributed by atoms with Gasteiger partial charge in [-0.3, -0.25) is 14.4 Å². The van der Waals surface area contributed by atoms with E-state index in [0.29, 0.717) is 5.69 Å². The van der Waals surface area contributed by atoms with Crippen LogP contribution in [0.4, 0.5) is 11.4 Å². The van der Waals surface area contributed by atoms with Gasteiger partial charge in [-0.25, -0.2) is 0 Å². The van der Waals surface area contributed by atoms with Crippen LogP contribution in [0.15, 0.2) is 42.5 Å². The highest BCUT2D eigenvalue weighted by atomic mass is 16.5. The van der Waals surface area contributed by atoms with E-state index in [1.165, 1.54) is 6.92 Å². The van der Waals surface area contributed by atoms with Gasteiger partial charge in [0.25, 0.3) is 5.91 Å². The molecule has 6 heteroatoms. The van der Waals surface area contributed by atoms with Gasteiger partial charge in [-0.15, -0.1) is 0 Å². The number of hydrogen-bond acceptors (Lipinski definition) is 4. The molecular weight excluding hydrogens is 368 g/mol. The Morgan fingerprint density at radius 3 is 2.48 bits per heavy atom. The molecule has 0 saturated carbocycles. The Morgan fingerprint density at radius 2 is 1.79 bits per heavy atom. The first kappa shape index (κ1) is 20.6. The van der Waals surface area contributed by atoms with E-state index in [1.54, 1.807) is 17.0 Å². The van der Waals surface area contributed by atoms with Crippen molar-refractivity contribution in [2.45, 2.75) is 40.2 Å². The topological polar surface area (TPSA) is 75.7 Å². The summed E-state index contributed by atoms with van der Waals surface area (Å²) in [6.45, 7) is 7.69. The highest BCUT2D eigenvalue weighted by molar-refractivity contribution is 6.01. The number of hydrogen-bond donors (Lipinski definition) is 1. The summed E-state index contributed by atoms with van der Waals surface area (Å²) in [5, 5.41) is 2.73. The molecule has 6 nitrogen and oxygen atoms in total. The van der Waals surface area contributed by atoms with E-state index < -0.39 is 23.9 Å². The first-order valence-corrected chi connectivity index (χ1v) is 9.71. The van der Waals surface area contributed by atoms with E-state index in [9.17, 15) is 14.4 Å². The summed E-state index contributed by atoms with van der Waals surface area (Å²) in [7, 11) is 0. The van der Waals surface area contributed by atoms with Crippen molar-refractivity contribution in [3.63, 3.8) is 0 Å². The van der Waals surface area contributed by atoms with Gasteiger partial charge in [0.1, 0.15) is 0 Å². The van der Waals surface area contributed by atoms with Crippen molar-refractivity contribution in [2.75, 3.05) is 16.8 Å². The molecule has 152 valence electrons. The quantitative estimate of drug-likeness (QED) is 0.787. The number of nitrogens with one attached hydrogen (secondary N) is 1. The van der Waals surface area contributed by atoms with Crippen LogP contribution in [0.5, 0.6) is 0 Å². The van der Waals surface area contributed by atoms with Gasteiger partial charge in [-0.1, -0.05) is 29.8 Å². The summed E-state index contributed by atoms with van der Waals surface area (Å²) >= 11 is 0. The van der Waals surface area contributed by atoms with Crippen LogP contribution in [0.3, 0.4) is 0 Å². The molecule has 0 aliphatic carbocycles. The van der Waals surface area contributed by atoms with Crippen LogP contribution < -0.4 is 10.2 Å². The number of anilines is 2. The molecule has 1 aliphatic rings. The number of carbonyl (C=O) groups excluding carboxylic acids is 3. The van der Waals surface area contributed by atoms with Crippen molar-refractivity contribution in [1.82, 2.24) is 0 Å². The number of ether oxygens (including phenoxy) is 1. The lowest BCUT2D eigenvalue weighted by molar-refractivity contribution is -0.157. The fourth-order valence-corrected chi connectivity index (χ4v) is 3.33. The smallest absolute Gasteiger partial charge is 0.312 e. The Labute approximate surface area is 170 Å². The normalized spacial score (nSPS) is 17.2. The third kappa shape index (κ3) is 4.65. The van der Waals surface area contributed by atoms with E-state index in [-0.39, 0.29) is 18.9 Å². The molecule has 29 heavy (non-hydrogen) atoms. The Kier molecular flexibility index (Phi) is 6.01. The molecule has 1 heterocycles. The SMILES string of the molecule is Cc1ccc(NC(=O)[C@H](C)OC(=O)[C@@H]2CC(=O)N(c3cccc(C)c3C)C2)cc1. The molecule has 3 rings (SSSR count). The van der Waals surface area contributed by atoms with Crippen molar-refractivity contribution in [3.8, 4) is 0 Å². The van der Waals surface area contributed by atoms with Crippen molar-refractivity contribution in [3.05, 3.63) is 59.2 Å². The van der Waals surface area contributed by atoms with Crippen LogP contribution in [0, 0.1) is 26.7 Å². The number of nitrogens with zero attached hydrogens (tertiary/aromatic N) is 1. The molecule has 1 N–H and O–H groups in total. The van der Waals surface area contributed by atoms with Crippen LogP contribution in [-0.4, -0.2) is 30.4 Å². The van der Waals surface area contributed by atoms with Crippen LogP contribution >= 0.6 is 0 Å². The average molecular weight is 394 g/mol. The van der Waals surface area contributed by atoms with Gasteiger partial charge in [0.2, 0.25) is 5.91 Å². The summed E-state index contributed by atoms with van der Waals surface area (Å²) < 4.78 is 5.35. The maximum absolute atomic E-state index is 12.6. The minimum Gasteiger partial charge on any atom is -0.452 e. The molecule has 0 spiro atoms. The van der Waals surface area contributed by atoms with E-state index in [1.807, 2.05) is 51.1 Å². The van der Waals surface area contributed by atoms with Crippen LogP contribution in [-0.2, 0) is 19.1 Å². The maximum atomic E-state index is 12.6. The van der Waals surface area contributed by atoms with Crippen LogP contribution in [0.2, 0.25) is 0 Å². The van der Waals surface area contributed by atoms with E-state index in [0.717, 1.165) is 22.4 Å². The highest BCUT2D eigenvalue weighted by Gasteiger charge is 2.37. The third-order valence-corrected chi connectivity index (χ3v) is 5.31. The summed E-state index contributed by atoms with van der Waals surface area (Å²) in [4.78, 5) is 39.0. The van der Waals surface area contributed by atoms with Crippen molar-refractivity contribution < 1.29 is 19.1 Å². The predicted molar refractivity (Wildman–Crippen MR) is 112 cm³/mol. The minimum absolute atomic E-state index is 0.0819. The van der Waals surface area contributed by atoms with Crippen molar-refractivity contribution in [1.29, 1.82) is 0 Å². The van der Waals surface area contributed by atoms with E-state index in [4.69, 9.17) is 4.74 Å². The number of aryl methyl sites for hydroxylation is 2. The average Bonchev–Trinajstić information content (AvgIpc) is 3.07. The molecule has 2 aromatic carbocycles. The molecule has 1 fully saturated rings. The second-order valence-corrected chi connectivity index (χ2v) is 7.56. The maximum Gasteiger partial charge on any atom is 0.312 e. The summed E-state index contributed by atoms with van der Waals surface area (Å²) in [5.41, 5.74) is 4.64. The fraction of sp³-hybridized carbons (Fsp3) is 0.348. The summed E-state index contributed by atoms with van der Waals surface area (Å²) in [6, 6.07) is 13.1. The fourth-order valence-electron chi connectivity index (χ4n) is 3.33. The van der Waals surface area contributed by atoms with Crippen LogP contribution in [0.25, 0.3) is 0 Å². The largest absolute Gasteiger partial charge is 0.452 e. The van der Waals surface area contributed by atoms with Gasteiger partial charge >= 0.3 is 5.97 Å². The molecule has 0 aromatic heterocycles. The number of benzene rings is 2. The van der Waals surface area contributed by atoms with Gasteiger partial charge in [0.15, 0.2) is 6.10 Å². The zero-order valence-corrected chi connectivity index (χ0v) is 17.2. The van der Waals surface area contributed by atoms with Gasteiger partial charge in [-0.2, -0.15) is 0 Å². The Hall–Kier alpha value is -3.15. The van der Waals surface area contributed by atoms with E-state index >= 15 is 0 Å². The second kappa shape index (κ2) is 8.47. The van der Waals surface area contributed by atoms with Crippen molar-refractivity contribution >= 4 is 29.2 Å². The number of rotatable bonds is 5. The molecule has 2 atom stereocenters. The summed E-state index contributed by atoms with van der Waals surface area (Å²) in [6.07, 6.45) is -0.868. The molecule has 2 amide bonds. The Balaban J connectivity index is 1.60. The molecule has 0 unspecified atom stereocenters. The standard InChI is InChI=1S/C23H26N2O4/c1-14-8-10-19(11-9-14)24-22(27)17(4)29-23(28)18-12-21(26)25(13-18)20-7-5-6-15(2)16(20)3/h5-11,17-18H,12-13H2,1-4H3,(H,24,27)/t17-,18+/m0/s1. The second-order valence-electron chi connectivity index (χ2n) is 7.56. The zero-order valence-electron chi connectivity index (χ0n) is 17.2.